The van der Waals surface area contributed by atoms with Gasteiger partial charge in [-0.2, -0.15) is 0 Å². The third-order valence-electron chi connectivity index (χ3n) is 3.62. The van der Waals surface area contributed by atoms with Crippen LogP contribution in [0.3, 0.4) is 0 Å². The van der Waals surface area contributed by atoms with Crippen molar-refractivity contribution in [3.63, 3.8) is 0 Å². The monoisotopic (exact) mass is 402 g/mol. The molecular weight excluding hydrogens is 380 g/mol. The van der Waals surface area contributed by atoms with Gasteiger partial charge in [-0.05, 0) is 50.6 Å². The third-order valence-corrected chi connectivity index (χ3v) is 4.11. The Morgan fingerprint density at radius 1 is 1.28 bits per heavy atom. The Morgan fingerprint density at radius 3 is 2.80 bits per heavy atom. The topological polar surface area (TPSA) is 50.4 Å². The van der Waals surface area contributed by atoms with Crippen LogP contribution in [-0.4, -0.2) is 12.6 Å². The molecule has 0 spiro atoms. The average Bonchev–Trinajstić information content (AvgIpc) is 2.56. The molecule has 4 nitrogen and oxygen atoms in total. The van der Waals surface area contributed by atoms with Crippen molar-refractivity contribution in [2.75, 3.05) is 6.61 Å². The summed E-state index contributed by atoms with van der Waals surface area (Å²) < 4.78 is 6.65. The summed E-state index contributed by atoms with van der Waals surface area (Å²) in [6, 6.07) is 13.4. The van der Waals surface area contributed by atoms with Gasteiger partial charge in [0.1, 0.15) is 5.75 Å². The number of amides is 2. The van der Waals surface area contributed by atoms with Crippen LogP contribution in [0.4, 0.5) is 4.79 Å². The molecule has 0 saturated carbocycles. The maximum absolute atomic E-state index is 12.1. The summed E-state index contributed by atoms with van der Waals surface area (Å²) in [6.07, 6.45) is 3.47. The summed E-state index contributed by atoms with van der Waals surface area (Å²) in [5.41, 5.74) is 3.09. The number of carbonyl (C=O) groups excluding carboxylic acids is 1. The van der Waals surface area contributed by atoms with Crippen LogP contribution >= 0.6 is 15.9 Å². The smallest absolute Gasteiger partial charge is 0.319 e. The summed E-state index contributed by atoms with van der Waals surface area (Å²) in [4.78, 5) is 12.1. The van der Waals surface area contributed by atoms with E-state index in [1.807, 2.05) is 69.3 Å². The Kier molecular flexibility index (Phi) is 7.07. The number of hydrogen-bond acceptors (Lipinski definition) is 2. The zero-order valence-electron chi connectivity index (χ0n) is 14.7. The molecule has 0 saturated heterocycles. The van der Waals surface area contributed by atoms with E-state index in [9.17, 15) is 4.79 Å². The van der Waals surface area contributed by atoms with Crippen LogP contribution in [0.25, 0.3) is 6.08 Å². The van der Waals surface area contributed by atoms with Crippen LogP contribution in [0.5, 0.6) is 5.75 Å². The fourth-order valence-electron chi connectivity index (χ4n) is 2.43. The van der Waals surface area contributed by atoms with Crippen molar-refractivity contribution in [3.05, 3.63) is 69.8 Å². The molecule has 0 bridgehead atoms. The Bertz CT molecular complexity index is 759. The molecule has 1 atom stereocenters. The maximum atomic E-state index is 12.1. The van der Waals surface area contributed by atoms with Crippen LogP contribution in [0.1, 0.15) is 36.6 Å². The van der Waals surface area contributed by atoms with Crippen LogP contribution in [-0.2, 0) is 0 Å². The first-order valence-electron chi connectivity index (χ1n) is 8.22. The van der Waals surface area contributed by atoms with E-state index in [1.54, 1.807) is 6.20 Å². The second-order valence-corrected chi connectivity index (χ2v) is 6.62. The number of nitrogens with one attached hydrogen (secondary N) is 2. The second kappa shape index (κ2) is 9.28. The van der Waals surface area contributed by atoms with Gasteiger partial charge in [-0.3, -0.25) is 0 Å². The lowest BCUT2D eigenvalue weighted by Crippen LogP contribution is -2.34. The molecule has 5 heteroatoms. The maximum Gasteiger partial charge on any atom is 0.319 e. The zero-order valence-corrected chi connectivity index (χ0v) is 16.3. The van der Waals surface area contributed by atoms with Crippen molar-refractivity contribution in [2.45, 2.75) is 26.8 Å². The van der Waals surface area contributed by atoms with Gasteiger partial charge in [-0.1, -0.05) is 45.8 Å². The Balaban J connectivity index is 1.97. The van der Waals surface area contributed by atoms with Gasteiger partial charge in [0.05, 0.1) is 12.6 Å². The van der Waals surface area contributed by atoms with Crippen molar-refractivity contribution in [2.24, 2.45) is 0 Å². The molecule has 0 fully saturated rings. The van der Waals surface area contributed by atoms with Crippen molar-refractivity contribution in [1.82, 2.24) is 10.6 Å². The highest BCUT2D eigenvalue weighted by Crippen LogP contribution is 2.26. The first kappa shape index (κ1) is 19.1. The van der Waals surface area contributed by atoms with Gasteiger partial charge in [0.2, 0.25) is 0 Å². The Morgan fingerprint density at radius 2 is 2.08 bits per heavy atom. The Labute approximate surface area is 157 Å². The molecule has 0 aliphatic rings. The van der Waals surface area contributed by atoms with Crippen molar-refractivity contribution in [1.29, 1.82) is 0 Å². The minimum atomic E-state index is -0.261. The first-order valence-corrected chi connectivity index (χ1v) is 9.01. The molecule has 0 aliphatic carbocycles. The lowest BCUT2D eigenvalue weighted by atomic mass is 10.0. The van der Waals surface area contributed by atoms with Crippen LogP contribution < -0.4 is 15.4 Å². The molecule has 1 unspecified atom stereocenters. The first-order chi connectivity index (χ1) is 12.0. The second-order valence-electron chi connectivity index (χ2n) is 5.70. The number of rotatable bonds is 6. The molecule has 0 aromatic heterocycles. The minimum absolute atomic E-state index is 0.166. The third kappa shape index (κ3) is 5.94. The molecule has 2 aromatic carbocycles. The van der Waals surface area contributed by atoms with E-state index in [2.05, 4.69) is 26.6 Å². The average molecular weight is 403 g/mol. The predicted octanol–water partition coefficient (Wildman–Crippen LogP) is 5.19. The van der Waals surface area contributed by atoms with E-state index in [-0.39, 0.29) is 12.1 Å². The fraction of sp³-hybridized carbons (Fsp3) is 0.250. The highest BCUT2D eigenvalue weighted by atomic mass is 79.9. The van der Waals surface area contributed by atoms with Crippen LogP contribution in [0, 0.1) is 6.92 Å². The number of carbonyl (C=O) groups is 1. The van der Waals surface area contributed by atoms with E-state index in [4.69, 9.17) is 4.74 Å². The normalized spacial score (nSPS) is 12.0. The number of ether oxygens (including phenoxy) is 1. The largest absolute Gasteiger partial charge is 0.494 e. The van der Waals surface area contributed by atoms with Gasteiger partial charge in [0.15, 0.2) is 0 Å². The summed E-state index contributed by atoms with van der Waals surface area (Å²) in [7, 11) is 0. The Hall–Kier alpha value is -2.27. The standard InChI is InChI=1S/C20H23BrN2O2/c1-4-25-19-9-8-14(2)12-18(19)15(3)23-20(24)22-11-10-16-6-5-7-17(21)13-16/h5-13,15H,4H2,1-3H3,(H2,22,23,24)/b11-10+. The molecule has 25 heavy (non-hydrogen) atoms. The van der Waals surface area contributed by atoms with E-state index in [1.165, 1.54) is 0 Å². The van der Waals surface area contributed by atoms with Crippen LogP contribution in [0.2, 0.25) is 0 Å². The summed E-state index contributed by atoms with van der Waals surface area (Å²) in [6.45, 7) is 6.49. The summed E-state index contributed by atoms with van der Waals surface area (Å²) >= 11 is 3.42. The van der Waals surface area contributed by atoms with Gasteiger partial charge in [0, 0.05) is 16.2 Å². The van der Waals surface area contributed by atoms with E-state index in [0.29, 0.717) is 6.61 Å². The van der Waals surface area contributed by atoms with E-state index < -0.39 is 0 Å². The van der Waals surface area contributed by atoms with Gasteiger partial charge in [0.25, 0.3) is 0 Å². The lowest BCUT2D eigenvalue weighted by Gasteiger charge is -2.18. The highest BCUT2D eigenvalue weighted by molar-refractivity contribution is 9.10. The summed E-state index contributed by atoms with van der Waals surface area (Å²) in [5.74, 6) is 0.797. The van der Waals surface area contributed by atoms with Crippen molar-refractivity contribution in [3.8, 4) is 5.75 Å². The van der Waals surface area contributed by atoms with E-state index in [0.717, 1.165) is 26.9 Å². The molecule has 0 aliphatic heterocycles. The van der Waals surface area contributed by atoms with Gasteiger partial charge >= 0.3 is 6.03 Å². The molecular formula is C20H23BrN2O2. The van der Waals surface area contributed by atoms with Gasteiger partial charge in [-0.25, -0.2) is 4.79 Å². The highest BCUT2D eigenvalue weighted by Gasteiger charge is 2.14. The van der Waals surface area contributed by atoms with Gasteiger partial charge in [-0.15, -0.1) is 0 Å². The SMILES string of the molecule is CCOc1ccc(C)cc1C(C)NC(=O)N/C=C/c1cccc(Br)c1. The number of benzene rings is 2. The van der Waals surface area contributed by atoms with Crippen LogP contribution in [0.15, 0.2) is 53.1 Å². The van der Waals surface area contributed by atoms with Gasteiger partial charge < -0.3 is 15.4 Å². The molecule has 2 rings (SSSR count). The van der Waals surface area contributed by atoms with E-state index >= 15 is 0 Å². The molecule has 2 amide bonds. The number of hydrogen-bond donors (Lipinski definition) is 2. The molecule has 2 N–H and O–H groups in total. The lowest BCUT2D eigenvalue weighted by molar-refractivity contribution is 0.241. The number of aryl methyl sites for hydroxylation is 1. The summed E-state index contributed by atoms with van der Waals surface area (Å²) in [5, 5.41) is 5.66. The fourth-order valence-corrected chi connectivity index (χ4v) is 2.85. The zero-order chi connectivity index (χ0) is 18.2. The molecule has 132 valence electrons. The number of urea groups is 1. The molecule has 2 aromatic rings. The number of halogens is 1. The molecule has 0 radical (unpaired) electrons. The molecule has 0 heterocycles. The minimum Gasteiger partial charge on any atom is -0.494 e. The quantitative estimate of drug-likeness (QED) is 0.698. The predicted molar refractivity (Wildman–Crippen MR) is 106 cm³/mol. The van der Waals surface area contributed by atoms with Crippen molar-refractivity contribution < 1.29 is 9.53 Å². The van der Waals surface area contributed by atoms with Crippen molar-refractivity contribution >= 4 is 28.0 Å².